The second kappa shape index (κ2) is 12.7. The van der Waals surface area contributed by atoms with Crippen molar-refractivity contribution >= 4 is 46.8 Å². The summed E-state index contributed by atoms with van der Waals surface area (Å²) in [5.41, 5.74) is 1.21. The van der Waals surface area contributed by atoms with E-state index in [9.17, 15) is 9.59 Å². The smallest absolute Gasteiger partial charge is 0.410 e. The Labute approximate surface area is 247 Å². The van der Waals surface area contributed by atoms with Crippen LogP contribution in [-0.4, -0.2) is 78.1 Å². The van der Waals surface area contributed by atoms with Gasteiger partial charge in [0.15, 0.2) is 0 Å². The molecule has 4 rings (SSSR count). The molecule has 39 heavy (non-hydrogen) atoms. The van der Waals surface area contributed by atoms with E-state index in [-0.39, 0.29) is 24.0 Å². The van der Waals surface area contributed by atoms with Gasteiger partial charge in [-0.1, -0.05) is 40.9 Å². The number of carbonyl (C=O) groups is 2. The number of rotatable bonds is 5. The molecule has 2 fully saturated rings. The van der Waals surface area contributed by atoms with Crippen molar-refractivity contribution in [2.75, 3.05) is 39.8 Å². The van der Waals surface area contributed by atoms with E-state index in [1.165, 1.54) is 0 Å². The maximum atomic E-state index is 13.4. The minimum Gasteiger partial charge on any atom is -0.444 e. The summed E-state index contributed by atoms with van der Waals surface area (Å²) in [5.74, 6) is 0.560. The van der Waals surface area contributed by atoms with Crippen LogP contribution < -0.4 is 0 Å². The fourth-order valence-electron chi connectivity index (χ4n) is 5.64. The molecular weight excluding hydrogens is 557 g/mol. The van der Waals surface area contributed by atoms with Gasteiger partial charge in [-0.2, -0.15) is 0 Å². The summed E-state index contributed by atoms with van der Waals surface area (Å²) in [5, 5.41) is 1.64. The van der Waals surface area contributed by atoms with E-state index in [1.807, 2.05) is 55.8 Å². The Morgan fingerprint density at radius 2 is 1.62 bits per heavy atom. The van der Waals surface area contributed by atoms with Crippen LogP contribution >= 0.6 is 34.8 Å². The molecule has 2 heterocycles. The van der Waals surface area contributed by atoms with E-state index in [0.29, 0.717) is 39.6 Å². The lowest BCUT2D eigenvalue weighted by atomic mass is 9.84. The van der Waals surface area contributed by atoms with Gasteiger partial charge in [0, 0.05) is 62.3 Å². The summed E-state index contributed by atoms with van der Waals surface area (Å²) in [6.45, 7) is 9.78. The molecule has 9 heteroatoms. The Morgan fingerprint density at radius 1 is 0.949 bits per heavy atom. The predicted molar refractivity (Wildman–Crippen MR) is 158 cm³/mol. The standard InChI is InChI=1S/C30H38Cl3N3O3/c1-30(2,3)39-29(38)36-15-11-20(12-16-36)18-35-14-13-27(24(19-35)22-7-10-25(32)26(33)17-22)34(4)28(37)21-5-8-23(31)9-6-21/h5-10,17,20,24,27H,11-16,18-19H2,1-4H3/t24-,27+/m0/s1. The first kappa shape index (κ1) is 30.0. The van der Waals surface area contributed by atoms with E-state index in [0.717, 1.165) is 44.5 Å². The Balaban J connectivity index is 1.44. The molecule has 0 aromatic heterocycles. The molecule has 2 amide bonds. The van der Waals surface area contributed by atoms with Crippen LogP contribution in [0.5, 0.6) is 0 Å². The molecule has 0 saturated carbocycles. The van der Waals surface area contributed by atoms with Gasteiger partial charge in [-0.3, -0.25) is 4.79 Å². The Morgan fingerprint density at radius 3 is 2.23 bits per heavy atom. The lowest BCUT2D eigenvalue weighted by Crippen LogP contribution is -2.52. The lowest BCUT2D eigenvalue weighted by molar-refractivity contribution is 0.0154. The molecule has 2 atom stereocenters. The summed E-state index contributed by atoms with van der Waals surface area (Å²) in [7, 11) is 1.88. The van der Waals surface area contributed by atoms with Gasteiger partial charge in [0.1, 0.15) is 5.60 Å². The van der Waals surface area contributed by atoms with Crippen LogP contribution in [0.4, 0.5) is 4.79 Å². The topological polar surface area (TPSA) is 53.1 Å². The van der Waals surface area contributed by atoms with Crippen molar-refractivity contribution in [3.8, 4) is 0 Å². The van der Waals surface area contributed by atoms with Gasteiger partial charge in [0.2, 0.25) is 0 Å². The maximum Gasteiger partial charge on any atom is 0.410 e. The highest BCUT2D eigenvalue weighted by Crippen LogP contribution is 2.35. The number of ether oxygens (including phenoxy) is 1. The number of hydrogen-bond acceptors (Lipinski definition) is 4. The molecule has 0 spiro atoms. The number of amides is 2. The SMILES string of the molecule is CN(C(=O)c1ccc(Cl)cc1)[C@@H]1CCN(CC2CCN(C(=O)OC(C)(C)C)CC2)C[C@H]1c1ccc(Cl)c(Cl)c1. The van der Waals surface area contributed by atoms with Crippen LogP contribution in [-0.2, 0) is 4.74 Å². The van der Waals surface area contributed by atoms with Gasteiger partial charge in [-0.05, 0) is 87.9 Å². The Hall–Kier alpha value is -1.99. The molecule has 2 saturated heterocycles. The quantitative estimate of drug-likeness (QED) is 0.367. The van der Waals surface area contributed by atoms with E-state index in [1.54, 1.807) is 24.3 Å². The van der Waals surface area contributed by atoms with Crippen LogP contribution in [0.2, 0.25) is 15.1 Å². The van der Waals surface area contributed by atoms with Gasteiger partial charge >= 0.3 is 6.09 Å². The number of likely N-dealkylation sites (N-methyl/N-ethyl adjacent to an activating group) is 1. The van der Waals surface area contributed by atoms with Crippen molar-refractivity contribution in [2.24, 2.45) is 5.92 Å². The van der Waals surface area contributed by atoms with Gasteiger partial charge in [0.25, 0.3) is 5.91 Å². The summed E-state index contributed by atoms with van der Waals surface area (Å²) >= 11 is 18.7. The van der Waals surface area contributed by atoms with Crippen molar-refractivity contribution in [1.82, 2.24) is 14.7 Å². The third-order valence-corrected chi connectivity index (χ3v) is 8.71. The zero-order valence-corrected chi connectivity index (χ0v) is 25.4. The molecule has 0 radical (unpaired) electrons. The highest BCUT2D eigenvalue weighted by Gasteiger charge is 2.37. The first-order valence-corrected chi connectivity index (χ1v) is 14.7. The molecule has 2 aromatic carbocycles. The molecule has 0 aliphatic carbocycles. The van der Waals surface area contributed by atoms with Crippen LogP contribution in [0.3, 0.4) is 0 Å². The predicted octanol–water partition coefficient (Wildman–Crippen LogP) is 7.22. The van der Waals surface area contributed by atoms with Gasteiger partial charge in [0.05, 0.1) is 10.0 Å². The molecule has 2 aromatic rings. The third kappa shape index (κ3) is 7.81. The highest BCUT2D eigenvalue weighted by molar-refractivity contribution is 6.42. The first-order chi connectivity index (χ1) is 18.4. The van der Waals surface area contributed by atoms with E-state index in [2.05, 4.69) is 4.90 Å². The normalized spacial score (nSPS) is 21.1. The van der Waals surface area contributed by atoms with Gasteiger partial charge in [-0.25, -0.2) is 4.79 Å². The van der Waals surface area contributed by atoms with Crippen LogP contribution in [0.25, 0.3) is 0 Å². The largest absolute Gasteiger partial charge is 0.444 e. The molecule has 0 bridgehead atoms. The van der Waals surface area contributed by atoms with Crippen molar-refractivity contribution in [2.45, 2.75) is 57.6 Å². The molecular formula is C30H38Cl3N3O3. The summed E-state index contributed by atoms with van der Waals surface area (Å²) < 4.78 is 5.55. The first-order valence-electron chi connectivity index (χ1n) is 13.6. The summed E-state index contributed by atoms with van der Waals surface area (Å²) in [6, 6.07) is 12.8. The van der Waals surface area contributed by atoms with Crippen molar-refractivity contribution < 1.29 is 14.3 Å². The van der Waals surface area contributed by atoms with E-state index in [4.69, 9.17) is 39.5 Å². The maximum absolute atomic E-state index is 13.4. The molecule has 212 valence electrons. The van der Waals surface area contributed by atoms with Crippen LogP contribution in [0.15, 0.2) is 42.5 Å². The number of carbonyl (C=O) groups excluding carboxylic acids is 2. The number of nitrogens with zero attached hydrogens (tertiary/aromatic N) is 3. The zero-order valence-electron chi connectivity index (χ0n) is 23.1. The monoisotopic (exact) mass is 593 g/mol. The molecule has 2 aliphatic rings. The van der Waals surface area contributed by atoms with Crippen molar-refractivity contribution in [3.05, 3.63) is 68.7 Å². The van der Waals surface area contributed by atoms with Crippen LogP contribution in [0, 0.1) is 5.92 Å². The van der Waals surface area contributed by atoms with Gasteiger partial charge < -0.3 is 19.4 Å². The molecule has 0 unspecified atom stereocenters. The fraction of sp³-hybridized carbons (Fsp3) is 0.533. The number of halogens is 3. The lowest BCUT2D eigenvalue weighted by Gasteiger charge is -2.44. The van der Waals surface area contributed by atoms with Crippen molar-refractivity contribution in [1.29, 1.82) is 0 Å². The molecule has 2 aliphatic heterocycles. The Bertz CT molecular complexity index is 1160. The van der Waals surface area contributed by atoms with E-state index < -0.39 is 5.60 Å². The summed E-state index contributed by atoms with van der Waals surface area (Å²) in [6.07, 6.45) is 2.52. The summed E-state index contributed by atoms with van der Waals surface area (Å²) in [4.78, 5) is 32.1. The van der Waals surface area contributed by atoms with Gasteiger partial charge in [-0.15, -0.1) is 0 Å². The van der Waals surface area contributed by atoms with Crippen LogP contribution in [0.1, 0.15) is 61.9 Å². The van der Waals surface area contributed by atoms with E-state index >= 15 is 0 Å². The minimum atomic E-state index is -0.486. The van der Waals surface area contributed by atoms with Crippen molar-refractivity contribution in [3.63, 3.8) is 0 Å². The Kier molecular flexibility index (Phi) is 9.74. The molecule has 0 N–H and O–H groups in total. The zero-order chi connectivity index (χ0) is 28.3. The second-order valence-corrected chi connectivity index (χ2v) is 13.0. The number of likely N-dealkylation sites (tertiary alicyclic amines) is 2. The average Bonchev–Trinajstić information content (AvgIpc) is 2.89. The fourth-order valence-corrected chi connectivity index (χ4v) is 6.08. The molecule has 6 nitrogen and oxygen atoms in total. The number of piperidine rings is 2. The third-order valence-electron chi connectivity index (χ3n) is 7.72. The second-order valence-electron chi connectivity index (χ2n) is 11.7. The number of benzene rings is 2. The number of hydrogen-bond donors (Lipinski definition) is 0. The average molecular weight is 595 g/mol. The minimum absolute atomic E-state index is 0.00989. The highest BCUT2D eigenvalue weighted by atomic mass is 35.5.